The molecule has 3 saturated carbocycles. The molecule has 3 aliphatic carbocycles. The average molecular weight is 535 g/mol. The van der Waals surface area contributed by atoms with Crippen molar-refractivity contribution in [2.75, 3.05) is 33.1 Å². The molecule has 2 saturated heterocycles. The first-order valence-corrected chi connectivity index (χ1v) is 18.2. The summed E-state index contributed by atoms with van der Waals surface area (Å²) in [4.78, 5) is 42.2. The molecule has 2 spiro atoms. The van der Waals surface area contributed by atoms with Gasteiger partial charge >= 0.3 is 12.1 Å². The number of rotatable bonds is 9. The number of urea groups is 2. The van der Waals surface area contributed by atoms with Gasteiger partial charge in [-0.05, 0) is 68.7 Å². The second-order valence-corrected chi connectivity index (χ2v) is 19.2. The number of hydrogen-bond donors (Lipinski definition) is 2. The van der Waals surface area contributed by atoms with Crippen molar-refractivity contribution in [3.63, 3.8) is 0 Å². The van der Waals surface area contributed by atoms with Gasteiger partial charge in [0.25, 0.3) is 5.91 Å². The zero-order valence-electron chi connectivity index (χ0n) is 23.0. The topological polar surface area (TPSA) is 100 Å². The molecule has 0 atom stereocenters. The molecule has 5 rings (SSSR count). The normalized spacial score (nSPS) is 31.6. The van der Waals surface area contributed by atoms with Gasteiger partial charge in [0, 0.05) is 33.3 Å². The summed E-state index contributed by atoms with van der Waals surface area (Å²) in [6.07, 6.45) is 11.0. The lowest BCUT2D eigenvalue weighted by Gasteiger charge is -2.57. The Morgan fingerprint density at radius 3 is 2.35 bits per heavy atom. The molecule has 0 aromatic carbocycles. The Labute approximate surface area is 222 Å². The fourth-order valence-electron chi connectivity index (χ4n) is 7.06. The van der Waals surface area contributed by atoms with Gasteiger partial charge in [0.2, 0.25) is 0 Å². The predicted molar refractivity (Wildman–Crippen MR) is 143 cm³/mol. The van der Waals surface area contributed by atoms with Crippen LogP contribution in [0.5, 0.6) is 0 Å². The molecule has 0 radical (unpaired) electrons. The van der Waals surface area contributed by atoms with Crippen LogP contribution in [-0.4, -0.2) is 86.6 Å². The summed E-state index contributed by atoms with van der Waals surface area (Å²) >= 11 is 0. The Kier molecular flexibility index (Phi) is 7.63. The van der Waals surface area contributed by atoms with Crippen molar-refractivity contribution >= 4 is 26.0 Å². The zero-order valence-corrected chi connectivity index (χ0v) is 24.0. The molecule has 5 aliphatic rings. The monoisotopic (exact) mass is 534 g/mol. The van der Waals surface area contributed by atoms with Crippen LogP contribution < -0.4 is 10.6 Å². The van der Waals surface area contributed by atoms with Gasteiger partial charge in [0.05, 0.1) is 13.2 Å². The first kappa shape index (κ1) is 26.9. The lowest BCUT2D eigenvalue weighted by atomic mass is 9.57. The molecule has 2 N–H and O–H groups in total. The lowest BCUT2D eigenvalue weighted by Crippen LogP contribution is -2.69. The summed E-state index contributed by atoms with van der Waals surface area (Å²) in [5.41, 5.74) is -0.610. The molecule has 5 fully saturated rings. The molecular weight excluding hydrogens is 488 g/mol. The van der Waals surface area contributed by atoms with Crippen LogP contribution in [0.2, 0.25) is 25.7 Å². The van der Waals surface area contributed by atoms with Crippen molar-refractivity contribution in [3.05, 3.63) is 0 Å². The first-order chi connectivity index (χ1) is 17.6. The summed E-state index contributed by atoms with van der Waals surface area (Å²) in [5.74, 6) is 0.485. The Morgan fingerprint density at radius 2 is 1.76 bits per heavy atom. The standard InChI is InChI=1S/C27H46N4O5Si/c1-37(2,3)13-12-35-19-30-23(32)27(17-36-18-27)31(25(30)34)22-14-26(15-22)10-8-21(9-11-26)29-24(33)28-16-20-6-4-5-7-20/h20-22H,4-19H2,1-3H3,(H2,28,29,33). The molecule has 9 nitrogen and oxygen atoms in total. The number of imide groups is 1. The van der Waals surface area contributed by atoms with E-state index in [2.05, 4.69) is 30.3 Å². The van der Waals surface area contributed by atoms with Crippen molar-refractivity contribution in [2.24, 2.45) is 11.3 Å². The highest BCUT2D eigenvalue weighted by atomic mass is 28.3. The molecule has 2 heterocycles. The third kappa shape index (κ3) is 5.57. The quantitative estimate of drug-likeness (QED) is 0.265. The van der Waals surface area contributed by atoms with Crippen LogP contribution in [0.4, 0.5) is 9.59 Å². The van der Waals surface area contributed by atoms with Crippen molar-refractivity contribution in [1.82, 2.24) is 20.4 Å². The van der Waals surface area contributed by atoms with E-state index in [4.69, 9.17) is 9.47 Å². The second kappa shape index (κ2) is 10.5. The Morgan fingerprint density at radius 1 is 1.08 bits per heavy atom. The summed E-state index contributed by atoms with van der Waals surface area (Å²) in [7, 11) is -1.24. The minimum Gasteiger partial charge on any atom is -0.375 e. The number of amides is 5. The summed E-state index contributed by atoms with van der Waals surface area (Å²) in [5, 5.41) is 6.26. The second-order valence-electron chi connectivity index (χ2n) is 13.6. The van der Waals surface area contributed by atoms with E-state index in [1.807, 2.05) is 4.90 Å². The zero-order chi connectivity index (χ0) is 26.3. The van der Waals surface area contributed by atoms with Gasteiger partial charge < -0.3 is 25.0 Å². The van der Waals surface area contributed by atoms with Crippen molar-refractivity contribution in [3.8, 4) is 0 Å². The number of ether oxygens (including phenoxy) is 2. The Hall–Kier alpha value is -1.65. The molecule has 0 bridgehead atoms. The molecule has 0 aromatic heterocycles. The van der Waals surface area contributed by atoms with Crippen LogP contribution in [0.1, 0.15) is 64.2 Å². The maximum atomic E-state index is 13.4. The highest BCUT2D eigenvalue weighted by Gasteiger charge is 2.66. The molecule has 0 unspecified atom stereocenters. The van der Waals surface area contributed by atoms with Gasteiger partial charge in [-0.25, -0.2) is 14.5 Å². The Bertz CT molecular complexity index is 867. The number of nitrogens with zero attached hydrogens (tertiary/aromatic N) is 2. The van der Waals surface area contributed by atoms with E-state index in [1.54, 1.807) is 0 Å². The molecule has 208 valence electrons. The van der Waals surface area contributed by atoms with E-state index in [-0.39, 0.29) is 55.4 Å². The first-order valence-electron chi connectivity index (χ1n) is 14.5. The van der Waals surface area contributed by atoms with Gasteiger partial charge in [-0.1, -0.05) is 32.5 Å². The number of carbonyl (C=O) groups is 3. The van der Waals surface area contributed by atoms with E-state index in [1.165, 1.54) is 30.6 Å². The van der Waals surface area contributed by atoms with E-state index in [0.717, 1.165) is 51.1 Å². The summed E-state index contributed by atoms with van der Waals surface area (Å²) in [6.45, 7) is 8.83. The van der Waals surface area contributed by atoms with Crippen molar-refractivity contribution < 1.29 is 23.9 Å². The van der Waals surface area contributed by atoms with Gasteiger partial charge in [-0.2, -0.15) is 0 Å². The van der Waals surface area contributed by atoms with Gasteiger partial charge in [-0.15, -0.1) is 0 Å². The minimum atomic E-state index is -1.24. The number of nitrogens with one attached hydrogen (secondary N) is 2. The maximum absolute atomic E-state index is 13.4. The minimum absolute atomic E-state index is 0.0282. The number of hydrogen-bond acceptors (Lipinski definition) is 5. The fourth-order valence-corrected chi connectivity index (χ4v) is 7.82. The van der Waals surface area contributed by atoms with Crippen LogP contribution in [-0.2, 0) is 14.3 Å². The molecule has 37 heavy (non-hydrogen) atoms. The van der Waals surface area contributed by atoms with Crippen molar-refractivity contribution in [1.29, 1.82) is 0 Å². The van der Waals surface area contributed by atoms with E-state index in [0.29, 0.717) is 12.5 Å². The molecule has 5 amide bonds. The molecular formula is C27H46N4O5Si. The SMILES string of the molecule is C[Si](C)(C)CCOCN1C(=O)N(C2CC3(CCC(NC(=O)NCC4CCCC4)CC3)C2)C2(COC2)C1=O. The summed E-state index contributed by atoms with van der Waals surface area (Å²) < 4.78 is 11.3. The summed E-state index contributed by atoms with van der Waals surface area (Å²) in [6, 6.07) is 1.06. The van der Waals surface area contributed by atoms with Gasteiger partial charge in [0.1, 0.15) is 6.73 Å². The van der Waals surface area contributed by atoms with Crippen LogP contribution in [0.15, 0.2) is 0 Å². The maximum Gasteiger partial charge on any atom is 0.330 e. The van der Waals surface area contributed by atoms with Crippen LogP contribution in [0.3, 0.4) is 0 Å². The number of carbonyl (C=O) groups excluding carboxylic acids is 3. The highest BCUT2D eigenvalue weighted by molar-refractivity contribution is 6.76. The predicted octanol–water partition coefficient (Wildman–Crippen LogP) is 3.91. The smallest absolute Gasteiger partial charge is 0.330 e. The third-order valence-corrected chi connectivity index (χ3v) is 11.3. The van der Waals surface area contributed by atoms with E-state index < -0.39 is 13.6 Å². The molecule has 10 heteroatoms. The highest BCUT2D eigenvalue weighted by Crippen LogP contribution is 2.55. The van der Waals surface area contributed by atoms with Gasteiger partial charge in [0.15, 0.2) is 5.54 Å². The van der Waals surface area contributed by atoms with Crippen LogP contribution in [0, 0.1) is 11.3 Å². The van der Waals surface area contributed by atoms with Crippen LogP contribution in [0.25, 0.3) is 0 Å². The average Bonchev–Trinajstić information content (AvgIpc) is 3.39. The lowest BCUT2D eigenvalue weighted by molar-refractivity contribution is -0.171. The van der Waals surface area contributed by atoms with E-state index >= 15 is 0 Å². The molecule has 2 aliphatic heterocycles. The van der Waals surface area contributed by atoms with E-state index in [9.17, 15) is 14.4 Å². The Balaban J connectivity index is 1.09. The molecule has 0 aromatic rings. The van der Waals surface area contributed by atoms with Gasteiger partial charge in [-0.3, -0.25) is 4.79 Å². The third-order valence-electron chi connectivity index (χ3n) is 9.55. The van der Waals surface area contributed by atoms with Crippen LogP contribution >= 0.6 is 0 Å². The van der Waals surface area contributed by atoms with Crippen molar-refractivity contribution in [2.45, 2.75) is 108 Å². The fraction of sp³-hybridized carbons (Fsp3) is 0.889. The largest absolute Gasteiger partial charge is 0.375 e.